The Morgan fingerprint density at radius 2 is 2.17 bits per heavy atom. The van der Waals surface area contributed by atoms with Crippen molar-refractivity contribution < 1.29 is 9.53 Å². The normalized spacial score (nSPS) is 21.6. The Bertz CT molecular complexity index is 469. The molecule has 0 atom stereocenters. The summed E-state index contributed by atoms with van der Waals surface area (Å²) in [7, 11) is 0. The zero-order chi connectivity index (χ0) is 12.6. The monoisotopic (exact) mass is 246 g/mol. The van der Waals surface area contributed by atoms with E-state index in [1.54, 1.807) is 4.90 Å². The topological polar surface area (TPSA) is 55.6 Å². The van der Waals surface area contributed by atoms with E-state index in [0.29, 0.717) is 6.54 Å². The zero-order valence-electron chi connectivity index (χ0n) is 10.4. The van der Waals surface area contributed by atoms with Crippen LogP contribution in [0.5, 0.6) is 0 Å². The van der Waals surface area contributed by atoms with Crippen molar-refractivity contribution in [3.63, 3.8) is 0 Å². The van der Waals surface area contributed by atoms with Gasteiger partial charge in [-0.25, -0.2) is 4.79 Å². The van der Waals surface area contributed by atoms with Gasteiger partial charge in [0.15, 0.2) is 0 Å². The van der Waals surface area contributed by atoms with Crippen molar-refractivity contribution in [3.8, 4) is 0 Å². The van der Waals surface area contributed by atoms with E-state index in [-0.39, 0.29) is 11.7 Å². The first-order valence-electron chi connectivity index (χ1n) is 6.52. The SMILES string of the molecule is NCc1cccc(N2CCC3(CCC3)OC2=O)c1. The van der Waals surface area contributed by atoms with E-state index in [0.717, 1.165) is 37.1 Å². The maximum Gasteiger partial charge on any atom is 0.414 e. The molecule has 0 aromatic heterocycles. The summed E-state index contributed by atoms with van der Waals surface area (Å²) in [4.78, 5) is 13.8. The quantitative estimate of drug-likeness (QED) is 0.871. The minimum absolute atomic E-state index is 0.140. The fraction of sp³-hybridized carbons (Fsp3) is 0.500. The van der Waals surface area contributed by atoms with Crippen molar-refractivity contribution >= 4 is 11.8 Å². The van der Waals surface area contributed by atoms with Crippen molar-refractivity contribution in [1.29, 1.82) is 0 Å². The lowest BCUT2D eigenvalue weighted by atomic mass is 9.77. The highest BCUT2D eigenvalue weighted by Crippen LogP contribution is 2.42. The molecule has 1 saturated heterocycles. The second-order valence-corrected chi connectivity index (χ2v) is 5.18. The molecule has 1 spiro atoms. The summed E-state index contributed by atoms with van der Waals surface area (Å²) in [6.07, 6.45) is 3.95. The molecule has 1 saturated carbocycles. The van der Waals surface area contributed by atoms with Crippen molar-refractivity contribution in [2.24, 2.45) is 5.73 Å². The minimum atomic E-state index is -0.213. The molecule has 3 rings (SSSR count). The Morgan fingerprint density at radius 1 is 1.33 bits per heavy atom. The molecule has 1 amide bonds. The van der Waals surface area contributed by atoms with Crippen molar-refractivity contribution in [3.05, 3.63) is 29.8 Å². The number of carbonyl (C=O) groups excluding carboxylic acids is 1. The van der Waals surface area contributed by atoms with E-state index in [2.05, 4.69) is 0 Å². The van der Waals surface area contributed by atoms with Crippen LogP contribution in [-0.2, 0) is 11.3 Å². The average molecular weight is 246 g/mol. The number of nitrogens with two attached hydrogens (primary N) is 1. The number of nitrogens with zero attached hydrogens (tertiary/aromatic N) is 1. The Kier molecular flexibility index (Phi) is 2.74. The molecule has 2 fully saturated rings. The molecule has 1 aliphatic carbocycles. The maximum atomic E-state index is 12.1. The molecule has 2 N–H and O–H groups in total. The van der Waals surface area contributed by atoms with Gasteiger partial charge < -0.3 is 10.5 Å². The van der Waals surface area contributed by atoms with Crippen LogP contribution in [-0.4, -0.2) is 18.2 Å². The summed E-state index contributed by atoms with van der Waals surface area (Å²) in [5.41, 5.74) is 7.40. The fourth-order valence-corrected chi connectivity index (χ4v) is 2.71. The fourth-order valence-electron chi connectivity index (χ4n) is 2.71. The standard InChI is InChI=1S/C14H18N2O2/c15-10-11-3-1-4-12(9-11)16-8-7-14(5-2-6-14)18-13(16)17/h1,3-4,9H,2,5-8,10,15H2. The summed E-state index contributed by atoms with van der Waals surface area (Å²) in [6, 6.07) is 7.78. The number of hydrogen-bond donors (Lipinski definition) is 1. The molecule has 0 bridgehead atoms. The first-order valence-corrected chi connectivity index (χ1v) is 6.52. The van der Waals surface area contributed by atoms with E-state index in [9.17, 15) is 4.79 Å². The van der Waals surface area contributed by atoms with Crippen LogP contribution in [0, 0.1) is 0 Å². The van der Waals surface area contributed by atoms with E-state index in [1.807, 2.05) is 24.3 Å². The van der Waals surface area contributed by atoms with Crippen LogP contribution in [0.1, 0.15) is 31.2 Å². The third-order valence-electron chi connectivity index (χ3n) is 4.04. The van der Waals surface area contributed by atoms with Gasteiger partial charge in [0.05, 0.1) is 0 Å². The van der Waals surface area contributed by atoms with Gasteiger partial charge in [0.1, 0.15) is 5.60 Å². The predicted octanol–water partition coefficient (Wildman–Crippen LogP) is 2.41. The molecular formula is C14H18N2O2. The number of hydrogen-bond acceptors (Lipinski definition) is 3. The van der Waals surface area contributed by atoms with E-state index >= 15 is 0 Å². The van der Waals surface area contributed by atoms with Crippen LogP contribution in [0.15, 0.2) is 24.3 Å². The van der Waals surface area contributed by atoms with Crippen LogP contribution in [0.3, 0.4) is 0 Å². The summed E-state index contributed by atoms with van der Waals surface area (Å²) in [5, 5.41) is 0. The average Bonchev–Trinajstić information content (AvgIpc) is 2.37. The molecule has 4 heteroatoms. The van der Waals surface area contributed by atoms with Gasteiger partial charge in [0.25, 0.3) is 0 Å². The number of amides is 1. The summed E-state index contributed by atoms with van der Waals surface area (Å²) in [5.74, 6) is 0. The molecule has 96 valence electrons. The van der Waals surface area contributed by atoms with Crippen LogP contribution in [0.25, 0.3) is 0 Å². The summed E-state index contributed by atoms with van der Waals surface area (Å²) >= 11 is 0. The molecular weight excluding hydrogens is 228 g/mol. The zero-order valence-corrected chi connectivity index (χ0v) is 10.4. The van der Waals surface area contributed by atoms with E-state index in [1.165, 1.54) is 6.42 Å². The lowest BCUT2D eigenvalue weighted by Gasteiger charge is -2.46. The Labute approximate surface area is 107 Å². The van der Waals surface area contributed by atoms with Gasteiger partial charge in [-0.15, -0.1) is 0 Å². The maximum absolute atomic E-state index is 12.1. The lowest BCUT2D eigenvalue weighted by molar-refractivity contribution is -0.0610. The highest BCUT2D eigenvalue weighted by atomic mass is 16.6. The molecule has 4 nitrogen and oxygen atoms in total. The molecule has 1 aromatic rings. The van der Waals surface area contributed by atoms with Crippen LogP contribution in [0.2, 0.25) is 0 Å². The Hall–Kier alpha value is -1.55. The van der Waals surface area contributed by atoms with Gasteiger partial charge in [-0.3, -0.25) is 4.90 Å². The lowest BCUT2D eigenvalue weighted by Crippen LogP contribution is -2.53. The highest BCUT2D eigenvalue weighted by molar-refractivity contribution is 5.88. The largest absolute Gasteiger partial charge is 0.442 e. The second kappa shape index (κ2) is 4.28. The minimum Gasteiger partial charge on any atom is -0.442 e. The molecule has 1 heterocycles. The number of benzene rings is 1. The number of rotatable bonds is 2. The Balaban J connectivity index is 1.78. The van der Waals surface area contributed by atoms with Crippen molar-refractivity contribution in [1.82, 2.24) is 0 Å². The van der Waals surface area contributed by atoms with Gasteiger partial charge >= 0.3 is 6.09 Å². The van der Waals surface area contributed by atoms with Crippen LogP contribution >= 0.6 is 0 Å². The first kappa shape index (κ1) is 11.5. The number of ether oxygens (including phenoxy) is 1. The molecule has 0 unspecified atom stereocenters. The van der Waals surface area contributed by atoms with Gasteiger partial charge in [-0.2, -0.15) is 0 Å². The van der Waals surface area contributed by atoms with Gasteiger partial charge in [0.2, 0.25) is 0 Å². The number of carbonyl (C=O) groups is 1. The molecule has 0 radical (unpaired) electrons. The third-order valence-corrected chi connectivity index (χ3v) is 4.04. The molecule has 1 aliphatic heterocycles. The van der Waals surface area contributed by atoms with E-state index < -0.39 is 0 Å². The Morgan fingerprint density at radius 3 is 2.78 bits per heavy atom. The van der Waals surface area contributed by atoms with Crippen LogP contribution < -0.4 is 10.6 Å². The summed E-state index contributed by atoms with van der Waals surface area (Å²) < 4.78 is 5.61. The smallest absolute Gasteiger partial charge is 0.414 e. The molecule has 18 heavy (non-hydrogen) atoms. The van der Waals surface area contributed by atoms with Gasteiger partial charge in [0, 0.05) is 25.2 Å². The number of anilines is 1. The summed E-state index contributed by atoms with van der Waals surface area (Å²) in [6.45, 7) is 1.23. The first-order chi connectivity index (χ1) is 8.72. The molecule has 1 aromatic carbocycles. The van der Waals surface area contributed by atoms with Crippen molar-refractivity contribution in [2.75, 3.05) is 11.4 Å². The van der Waals surface area contributed by atoms with Gasteiger partial charge in [-0.05, 0) is 37.0 Å². The van der Waals surface area contributed by atoms with Crippen LogP contribution in [0.4, 0.5) is 10.5 Å². The van der Waals surface area contributed by atoms with Crippen molar-refractivity contribution in [2.45, 2.75) is 37.8 Å². The third kappa shape index (κ3) is 1.86. The van der Waals surface area contributed by atoms with E-state index in [4.69, 9.17) is 10.5 Å². The second-order valence-electron chi connectivity index (χ2n) is 5.18. The van der Waals surface area contributed by atoms with Gasteiger partial charge in [-0.1, -0.05) is 12.1 Å². The molecule has 2 aliphatic rings. The predicted molar refractivity (Wildman–Crippen MR) is 69.4 cm³/mol. The highest BCUT2D eigenvalue weighted by Gasteiger charge is 2.45.